The second-order valence-corrected chi connectivity index (χ2v) is 5.59. The lowest BCUT2D eigenvalue weighted by Gasteiger charge is -2.12. The molecule has 122 valence electrons. The summed E-state index contributed by atoms with van der Waals surface area (Å²) in [5, 5.41) is 0.501. The molecule has 2 aromatic carbocycles. The molecule has 24 heavy (non-hydrogen) atoms. The number of carbonyl (C=O) groups is 1. The standard InChI is InChI=1S/C19H15F2NO2/c1-10-4-5-15(20)16(17(10)21)13-6-7-22-18-11(2)8-12(9-14(13)18)19(23)24-3/h4-9H,1-3H3. The maximum Gasteiger partial charge on any atom is 0.337 e. The van der Waals surface area contributed by atoms with Gasteiger partial charge in [-0.25, -0.2) is 13.6 Å². The van der Waals surface area contributed by atoms with Crippen molar-refractivity contribution in [2.75, 3.05) is 7.11 Å². The van der Waals surface area contributed by atoms with Crippen LogP contribution in [-0.4, -0.2) is 18.1 Å². The maximum atomic E-state index is 14.5. The van der Waals surface area contributed by atoms with Gasteiger partial charge in [0, 0.05) is 11.6 Å². The van der Waals surface area contributed by atoms with Crippen molar-refractivity contribution in [3.8, 4) is 11.1 Å². The van der Waals surface area contributed by atoms with Crippen LogP contribution in [0.1, 0.15) is 21.5 Å². The minimum Gasteiger partial charge on any atom is -0.465 e. The van der Waals surface area contributed by atoms with Gasteiger partial charge in [0.05, 0.1) is 23.8 Å². The van der Waals surface area contributed by atoms with Gasteiger partial charge in [0.25, 0.3) is 0 Å². The molecular weight excluding hydrogens is 312 g/mol. The number of aryl methyl sites for hydroxylation is 2. The number of fused-ring (bicyclic) bond motifs is 1. The Labute approximate surface area is 137 Å². The van der Waals surface area contributed by atoms with Crippen LogP contribution in [0.5, 0.6) is 0 Å². The lowest BCUT2D eigenvalue weighted by atomic mass is 9.95. The Morgan fingerprint density at radius 2 is 1.83 bits per heavy atom. The van der Waals surface area contributed by atoms with Crippen molar-refractivity contribution in [2.24, 2.45) is 0 Å². The Hall–Kier alpha value is -2.82. The van der Waals surface area contributed by atoms with E-state index >= 15 is 0 Å². The van der Waals surface area contributed by atoms with E-state index in [9.17, 15) is 13.6 Å². The molecule has 0 aliphatic rings. The summed E-state index contributed by atoms with van der Waals surface area (Å²) in [5.41, 5.74) is 2.20. The number of esters is 1. The quantitative estimate of drug-likeness (QED) is 0.647. The molecule has 0 aliphatic carbocycles. The molecule has 1 aromatic heterocycles. The van der Waals surface area contributed by atoms with Crippen LogP contribution in [-0.2, 0) is 4.74 Å². The molecule has 0 unspecified atom stereocenters. The molecule has 0 radical (unpaired) electrons. The summed E-state index contributed by atoms with van der Waals surface area (Å²) in [4.78, 5) is 16.1. The molecule has 0 amide bonds. The first-order valence-electron chi connectivity index (χ1n) is 7.36. The summed E-state index contributed by atoms with van der Waals surface area (Å²) in [7, 11) is 1.28. The number of benzene rings is 2. The first-order chi connectivity index (χ1) is 11.4. The summed E-state index contributed by atoms with van der Waals surface area (Å²) in [5.74, 6) is -1.80. The van der Waals surface area contributed by atoms with Crippen molar-refractivity contribution in [1.82, 2.24) is 4.98 Å². The van der Waals surface area contributed by atoms with Gasteiger partial charge >= 0.3 is 5.97 Å². The van der Waals surface area contributed by atoms with Crippen molar-refractivity contribution < 1.29 is 18.3 Å². The van der Waals surface area contributed by atoms with Gasteiger partial charge in [0.15, 0.2) is 0 Å². The van der Waals surface area contributed by atoms with E-state index in [2.05, 4.69) is 4.98 Å². The first kappa shape index (κ1) is 16.1. The van der Waals surface area contributed by atoms with Crippen LogP contribution in [0.3, 0.4) is 0 Å². The van der Waals surface area contributed by atoms with Crippen LogP contribution in [0.4, 0.5) is 8.78 Å². The van der Waals surface area contributed by atoms with Crippen LogP contribution in [0.15, 0.2) is 36.5 Å². The predicted octanol–water partition coefficient (Wildman–Crippen LogP) is 4.58. The number of hydrogen-bond donors (Lipinski definition) is 0. The normalized spacial score (nSPS) is 10.9. The predicted molar refractivity (Wildman–Crippen MR) is 87.9 cm³/mol. The van der Waals surface area contributed by atoms with Gasteiger partial charge in [-0.05, 0) is 54.8 Å². The van der Waals surface area contributed by atoms with Crippen molar-refractivity contribution >= 4 is 16.9 Å². The number of hydrogen-bond acceptors (Lipinski definition) is 3. The summed E-state index contributed by atoms with van der Waals surface area (Å²) in [6.07, 6.45) is 1.50. The minimum atomic E-state index is -0.660. The molecule has 0 spiro atoms. The van der Waals surface area contributed by atoms with Gasteiger partial charge in [-0.15, -0.1) is 0 Å². The van der Waals surface area contributed by atoms with E-state index in [-0.39, 0.29) is 5.56 Å². The highest BCUT2D eigenvalue weighted by molar-refractivity contribution is 6.01. The third-order valence-corrected chi connectivity index (χ3v) is 4.01. The van der Waals surface area contributed by atoms with Crippen LogP contribution in [0, 0.1) is 25.5 Å². The molecule has 0 saturated carbocycles. The van der Waals surface area contributed by atoms with E-state index in [1.807, 2.05) is 0 Å². The van der Waals surface area contributed by atoms with Crippen LogP contribution < -0.4 is 0 Å². The fraction of sp³-hybridized carbons (Fsp3) is 0.158. The second-order valence-electron chi connectivity index (χ2n) is 5.59. The molecule has 3 rings (SSSR count). The number of rotatable bonds is 2. The van der Waals surface area contributed by atoms with E-state index in [0.717, 1.165) is 5.56 Å². The zero-order valence-electron chi connectivity index (χ0n) is 13.5. The summed E-state index contributed by atoms with van der Waals surface area (Å²) < 4.78 is 33.6. The van der Waals surface area contributed by atoms with Crippen LogP contribution in [0.2, 0.25) is 0 Å². The molecule has 0 saturated heterocycles. The zero-order valence-corrected chi connectivity index (χ0v) is 13.5. The first-order valence-corrected chi connectivity index (χ1v) is 7.36. The molecule has 0 N–H and O–H groups in total. The largest absolute Gasteiger partial charge is 0.465 e. The number of ether oxygens (including phenoxy) is 1. The van der Waals surface area contributed by atoms with E-state index in [1.54, 1.807) is 32.0 Å². The van der Waals surface area contributed by atoms with Crippen molar-refractivity contribution in [3.05, 3.63) is 64.9 Å². The molecule has 3 aromatic rings. The molecule has 3 nitrogen and oxygen atoms in total. The van der Waals surface area contributed by atoms with E-state index < -0.39 is 17.6 Å². The lowest BCUT2D eigenvalue weighted by molar-refractivity contribution is 0.0601. The fourth-order valence-corrected chi connectivity index (χ4v) is 2.79. The Balaban J connectivity index is 2.40. The van der Waals surface area contributed by atoms with Gasteiger partial charge in [0.1, 0.15) is 11.6 Å². The van der Waals surface area contributed by atoms with Gasteiger partial charge < -0.3 is 4.74 Å². The van der Waals surface area contributed by atoms with E-state index in [1.165, 1.54) is 25.4 Å². The van der Waals surface area contributed by atoms with Gasteiger partial charge in [-0.2, -0.15) is 0 Å². The Morgan fingerprint density at radius 1 is 1.08 bits per heavy atom. The van der Waals surface area contributed by atoms with Crippen LogP contribution >= 0.6 is 0 Å². The number of aromatic nitrogens is 1. The number of pyridine rings is 1. The molecule has 0 aliphatic heterocycles. The smallest absolute Gasteiger partial charge is 0.337 e. The molecule has 0 atom stereocenters. The molecule has 1 heterocycles. The van der Waals surface area contributed by atoms with Crippen LogP contribution in [0.25, 0.3) is 22.0 Å². The molecule has 5 heteroatoms. The highest BCUT2D eigenvalue weighted by atomic mass is 19.1. The SMILES string of the molecule is COC(=O)c1cc(C)c2nccc(-c3c(F)ccc(C)c3F)c2c1. The average Bonchev–Trinajstić information content (AvgIpc) is 2.58. The zero-order chi connectivity index (χ0) is 17.4. The van der Waals surface area contributed by atoms with Gasteiger partial charge in [0.2, 0.25) is 0 Å². The van der Waals surface area contributed by atoms with Gasteiger partial charge in [-0.1, -0.05) is 6.07 Å². The van der Waals surface area contributed by atoms with Crippen molar-refractivity contribution in [1.29, 1.82) is 0 Å². The highest BCUT2D eigenvalue weighted by Crippen LogP contribution is 2.34. The minimum absolute atomic E-state index is 0.121. The average molecular weight is 327 g/mol. The second kappa shape index (κ2) is 6.00. The van der Waals surface area contributed by atoms with E-state index in [0.29, 0.717) is 27.6 Å². The number of methoxy groups -OCH3 is 1. The molecule has 0 bridgehead atoms. The molecular formula is C19H15F2NO2. The lowest BCUT2D eigenvalue weighted by Crippen LogP contribution is -2.03. The number of halogens is 2. The van der Waals surface area contributed by atoms with Crippen molar-refractivity contribution in [3.63, 3.8) is 0 Å². The topological polar surface area (TPSA) is 39.2 Å². The Bertz CT molecular complexity index is 967. The number of carbonyl (C=O) groups excluding carboxylic acids is 1. The summed E-state index contributed by atoms with van der Waals surface area (Å²) in [6, 6.07) is 7.37. The fourth-order valence-electron chi connectivity index (χ4n) is 2.79. The van der Waals surface area contributed by atoms with E-state index in [4.69, 9.17) is 4.74 Å². The highest BCUT2D eigenvalue weighted by Gasteiger charge is 2.18. The number of nitrogens with zero attached hydrogens (tertiary/aromatic N) is 1. The Kier molecular flexibility index (Phi) is 4.01. The summed E-state index contributed by atoms with van der Waals surface area (Å²) >= 11 is 0. The van der Waals surface area contributed by atoms with Crippen molar-refractivity contribution in [2.45, 2.75) is 13.8 Å². The Morgan fingerprint density at radius 3 is 2.54 bits per heavy atom. The maximum absolute atomic E-state index is 14.5. The monoisotopic (exact) mass is 327 g/mol. The molecule has 0 fully saturated rings. The summed E-state index contributed by atoms with van der Waals surface area (Å²) in [6.45, 7) is 3.36. The third-order valence-electron chi connectivity index (χ3n) is 4.01. The van der Waals surface area contributed by atoms with Gasteiger partial charge in [-0.3, -0.25) is 4.98 Å². The third kappa shape index (κ3) is 2.52.